The van der Waals surface area contributed by atoms with E-state index in [0.29, 0.717) is 6.20 Å². The second-order valence-corrected chi connectivity index (χ2v) is 2.61. The summed E-state index contributed by atoms with van der Waals surface area (Å²) >= 11 is 5.37. The number of halogens is 4. The zero-order valence-corrected chi connectivity index (χ0v) is 7.02. The molecule has 2 nitrogen and oxygen atoms in total. The molecular weight excluding hydrogens is 207 g/mol. The van der Waals surface area contributed by atoms with Gasteiger partial charge in [0.1, 0.15) is 5.15 Å². The number of pyridine rings is 1. The summed E-state index contributed by atoms with van der Waals surface area (Å²) in [6.45, 7) is -0.761. The summed E-state index contributed by atoms with van der Waals surface area (Å²) in [5.74, 6) is -1.16. The van der Waals surface area contributed by atoms with E-state index in [-0.39, 0.29) is 10.7 Å². The molecule has 13 heavy (non-hydrogen) atoms. The molecule has 0 aliphatic carbocycles. The molecule has 1 rings (SSSR count). The van der Waals surface area contributed by atoms with Crippen LogP contribution >= 0.6 is 11.6 Å². The third kappa shape index (κ3) is 1.92. The molecule has 0 unspecified atom stereocenters. The molecule has 0 saturated heterocycles. The van der Waals surface area contributed by atoms with Gasteiger partial charge in [-0.05, 0) is 0 Å². The molecular formula is C7H5ClF3NO. The Kier molecular flexibility index (Phi) is 3.11. The monoisotopic (exact) mass is 211 g/mol. The lowest BCUT2D eigenvalue weighted by Gasteiger charge is -2.07. The van der Waals surface area contributed by atoms with E-state index in [1.807, 2.05) is 0 Å². The van der Waals surface area contributed by atoms with Gasteiger partial charge < -0.3 is 5.11 Å². The summed E-state index contributed by atoms with van der Waals surface area (Å²) in [6, 6.07) is 0. The van der Waals surface area contributed by atoms with E-state index in [1.165, 1.54) is 0 Å². The molecule has 0 atom stereocenters. The molecule has 1 aromatic rings. The van der Waals surface area contributed by atoms with Crippen molar-refractivity contribution in [3.05, 3.63) is 28.3 Å². The minimum Gasteiger partial charge on any atom is -0.392 e. The Morgan fingerprint density at radius 3 is 2.54 bits per heavy atom. The van der Waals surface area contributed by atoms with Gasteiger partial charge in [-0.25, -0.2) is 18.2 Å². The number of hydrogen-bond acceptors (Lipinski definition) is 2. The van der Waals surface area contributed by atoms with E-state index in [4.69, 9.17) is 16.7 Å². The highest BCUT2D eigenvalue weighted by molar-refractivity contribution is 6.30. The predicted octanol–water partition coefficient (Wildman–Crippen LogP) is 2.30. The molecule has 1 aromatic heterocycles. The molecule has 0 amide bonds. The Morgan fingerprint density at radius 1 is 1.54 bits per heavy atom. The Hall–Kier alpha value is -0.810. The Labute approximate surface area is 77.0 Å². The number of alkyl halides is 2. The van der Waals surface area contributed by atoms with E-state index in [2.05, 4.69) is 4.98 Å². The minimum absolute atomic E-state index is 0.306. The van der Waals surface area contributed by atoms with Crippen LogP contribution in [0.2, 0.25) is 5.15 Å². The molecule has 0 aromatic carbocycles. The molecule has 1 N–H and O–H groups in total. The van der Waals surface area contributed by atoms with Gasteiger partial charge in [0.05, 0.1) is 18.4 Å². The molecule has 0 saturated carbocycles. The number of rotatable bonds is 2. The van der Waals surface area contributed by atoms with Gasteiger partial charge in [-0.2, -0.15) is 0 Å². The maximum Gasteiger partial charge on any atom is 0.267 e. The number of aromatic nitrogens is 1. The second-order valence-electron chi connectivity index (χ2n) is 2.25. The average Bonchev–Trinajstić information content (AvgIpc) is 2.07. The normalized spacial score (nSPS) is 10.9. The fourth-order valence-electron chi connectivity index (χ4n) is 0.902. The molecule has 0 radical (unpaired) electrons. The van der Waals surface area contributed by atoms with E-state index in [9.17, 15) is 13.2 Å². The van der Waals surface area contributed by atoms with Crippen LogP contribution in [0.3, 0.4) is 0 Å². The largest absolute Gasteiger partial charge is 0.392 e. The van der Waals surface area contributed by atoms with E-state index in [1.54, 1.807) is 0 Å². The quantitative estimate of drug-likeness (QED) is 0.762. The van der Waals surface area contributed by atoms with Crippen LogP contribution in [0.4, 0.5) is 13.2 Å². The van der Waals surface area contributed by atoms with Crippen LogP contribution in [0.5, 0.6) is 0 Å². The van der Waals surface area contributed by atoms with E-state index >= 15 is 0 Å². The smallest absolute Gasteiger partial charge is 0.267 e. The highest BCUT2D eigenvalue weighted by Gasteiger charge is 2.20. The van der Waals surface area contributed by atoms with Gasteiger partial charge in [0.25, 0.3) is 6.43 Å². The van der Waals surface area contributed by atoms with Crippen LogP contribution in [-0.4, -0.2) is 10.1 Å². The summed E-state index contributed by atoms with van der Waals surface area (Å²) in [5, 5.41) is 8.34. The highest BCUT2D eigenvalue weighted by atomic mass is 35.5. The number of aliphatic hydroxyl groups is 1. The molecule has 6 heteroatoms. The fraction of sp³-hybridized carbons (Fsp3) is 0.286. The third-order valence-electron chi connectivity index (χ3n) is 1.50. The molecule has 0 spiro atoms. The molecule has 0 fully saturated rings. The van der Waals surface area contributed by atoms with Crippen LogP contribution in [0.25, 0.3) is 0 Å². The lowest BCUT2D eigenvalue weighted by Crippen LogP contribution is -2.01. The van der Waals surface area contributed by atoms with E-state index in [0.717, 1.165) is 0 Å². The highest BCUT2D eigenvalue weighted by Crippen LogP contribution is 2.29. The first-order valence-electron chi connectivity index (χ1n) is 3.29. The van der Waals surface area contributed by atoms with Crippen molar-refractivity contribution in [2.75, 3.05) is 0 Å². The van der Waals surface area contributed by atoms with Gasteiger partial charge in [0.15, 0.2) is 5.82 Å². The molecule has 1 heterocycles. The summed E-state index contributed by atoms with van der Waals surface area (Å²) in [5.41, 5.74) is -1.25. The predicted molar refractivity (Wildman–Crippen MR) is 40.1 cm³/mol. The van der Waals surface area contributed by atoms with Crippen molar-refractivity contribution in [3.8, 4) is 0 Å². The van der Waals surface area contributed by atoms with Crippen LogP contribution in [0, 0.1) is 5.82 Å². The first kappa shape index (κ1) is 10.3. The second kappa shape index (κ2) is 3.93. The van der Waals surface area contributed by atoms with Crippen molar-refractivity contribution in [1.29, 1.82) is 0 Å². The lowest BCUT2D eigenvalue weighted by atomic mass is 10.1. The number of aliphatic hydroxyl groups excluding tert-OH is 1. The van der Waals surface area contributed by atoms with Crippen molar-refractivity contribution >= 4 is 11.6 Å². The van der Waals surface area contributed by atoms with Gasteiger partial charge >= 0.3 is 0 Å². The van der Waals surface area contributed by atoms with E-state index < -0.39 is 24.4 Å². The van der Waals surface area contributed by atoms with Crippen LogP contribution < -0.4 is 0 Å². The number of nitrogens with zero attached hydrogens (tertiary/aromatic N) is 1. The molecule has 72 valence electrons. The first-order chi connectivity index (χ1) is 6.07. The van der Waals surface area contributed by atoms with Gasteiger partial charge in [-0.1, -0.05) is 11.6 Å². The van der Waals surface area contributed by atoms with Crippen LogP contribution in [-0.2, 0) is 6.61 Å². The maximum absolute atomic E-state index is 12.8. The average molecular weight is 212 g/mol. The molecule has 0 bridgehead atoms. The standard InChI is InChI=1S/C7H5ClF3NO/c8-6-3(2-13)5(7(10)11)4(9)1-12-6/h1,7,13H,2H2. The zero-order valence-electron chi connectivity index (χ0n) is 6.27. The van der Waals surface area contributed by atoms with Crippen molar-refractivity contribution < 1.29 is 18.3 Å². The molecule has 0 aliphatic rings. The zero-order chi connectivity index (χ0) is 10.0. The van der Waals surface area contributed by atoms with Crippen molar-refractivity contribution in [3.63, 3.8) is 0 Å². The SMILES string of the molecule is OCc1c(Cl)ncc(F)c1C(F)F. The van der Waals surface area contributed by atoms with Gasteiger partial charge in [0.2, 0.25) is 0 Å². The van der Waals surface area contributed by atoms with Gasteiger partial charge in [0, 0.05) is 5.56 Å². The summed E-state index contributed by atoms with van der Waals surface area (Å²) in [7, 11) is 0. The topological polar surface area (TPSA) is 33.1 Å². The van der Waals surface area contributed by atoms with Crippen molar-refractivity contribution in [2.45, 2.75) is 13.0 Å². The lowest BCUT2D eigenvalue weighted by molar-refractivity contribution is 0.141. The Balaban J connectivity index is 3.35. The Morgan fingerprint density at radius 2 is 2.15 bits per heavy atom. The minimum atomic E-state index is -3.01. The van der Waals surface area contributed by atoms with Gasteiger partial charge in [-0.15, -0.1) is 0 Å². The van der Waals surface area contributed by atoms with Crippen molar-refractivity contribution in [2.24, 2.45) is 0 Å². The van der Waals surface area contributed by atoms with Crippen LogP contribution in [0.15, 0.2) is 6.20 Å². The number of hydrogen-bond donors (Lipinski definition) is 1. The van der Waals surface area contributed by atoms with Crippen molar-refractivity contribution in [1.82, 2.24) is 4.98 Å². The van der Waals surface area contributed by atoms with Gasteiger partial charge in [-0.3, -0.25) is 0 Å². The summed E-state index contributed by atoms with van der Waals surface area (Å²) in [6.07, 6.45) is -2.41. The summed E-state index contributed by atoms with van der Waals surface area (Å²) < 4.78 is 37.2. The summed E-state index contributed by atoms with van der Waals surface area (Å²) in [4.78, 5) is 3.29. The Bertz CT molecular complexity index is 319. The maximum atomic E-state index is 12.8. The third-order valence-corrected chi connectivity index (χ3v) is 1.82. The fourth-order valence-corrected chi connectivity index (χ4v) is 1.11. The molecule has 0 aliphatic heterocycles. The van der Waals surface area contributed by atoms with Crippen LogP contribution in [0.1, 0.15) is 17.6 Å². The first-order valence-corrected chi connectivity index (χ1v) is 3.67.